The summed E-state index contributed by atoms with van der Waals surface area (Å²) in [6, 6.07) is 2.13. The maximum atomic E-state index is 12.5. The van der Waals surface area contributed by atoms with Crippen molar-refractivity contribution in [1.82, 2.24) is 4.98 Å². The number of carbonyl (C=O) groups is 1. The van der Waals surface area contributed by atoms with Crippen LogP contribution in [-0.2, 0) is 11.2 Å². The molecule has 1 aromatic rings. The summed E-state index contributed by atoms with van der Waals surface area (Å²) < 4.78 is 5.81. The number of aryl methyl sites for hydroxylation is 1. The van der Waals surface area contributed by atoms with Crippen molar-refractivity contribution < 1.29 is 14.6 Å². The molecule has 0 radical (unpaired) electrons. The van der Waals surface area contributed by atoms with Crippen molar-refractivity contribution in [2.75, 3.05) is 11.5 Å². The van der Waals surface area contributed by atoms with Gasteiger partial charge >= 0.3 is 0 Å². The molecule has 0 bridgehead atoms. The zero-order valence-corrected chi connectivity index (χ0v) is 15.2. The molecule has 0 atom stereocenters. The lowest BCUT2D eigenvalue weighted by atomic mass is 9.71. The fourth-order valence-electron chi connectivity index (χ4n) is 4.12. The SMILES string of the molecule is CC(C)CCOc1cnc2c(c1)CCC(=O)N2C1CC(O)(C2CC2)C1. The minimum atomic E-state index is -0.539. The Balaban J connectivity index is 1.47. The first-order valence-corrected chi connectivity index (χ1v) is 9.62. The summed E-state index contributed by atoms with van der Waals surface area (Å²) >= 11 is 0. The Hall–Kier alpha value is -1.62. The highest BCUT2D eigenvalue weighted by Gasteiger charge is 2.55. The van der Waals surface area contributed by atoms with E-state index in [1.807, 2.05) is 11.0 Å². The molecule has 5 nitrogen and oxygen atoms in total. The number of pyridine rings is 1. The normalized spacial score (nSPS) is 28.7. The second-order valence-corrected chi connectivity index (χ2v) is 8.39. The van der Waals surface area contributed by atoms with Gasteiger partial charge in [-0.1, -0.05) is 13.8 Å². The first kappa shape index (κ1) is 16.8. The maximum Gasteiger partial charge on any atom is 0.228 e. The van der Waals surface area contributed by atoms with E-state index in [1.165, 1.54) is 0 Å². The Morgan fingerprint density at radius 3 is 2.80 bits per heavy atom. The van der Waals surface area contributed by atoms with Crippen LogP contribution in [0.15, 0.2) is 12.3 Å². The van der Waals surface area contributed by atoms with Crippen LogP contribution in [0.2, 0.25) is 0 Å². The number of fused-ring (bicyclic) bond motifs is 1. The lowest BCUT2D eigenvalue weighted by Gasteiger charge is -2.49. The Morgan fingerprint density at radius 1 is 1.36 bits per heavy atom. The molecule has 2 heterocycles. The number of anilines is 1. The second-order valence-electron chi connectivity index (χ2n) is 8.39. The van der Waals surface area contributed by atoms with Gasteiger partial charge in [0.15, 0.2) is 0 Å². The third kappa shape index (κ3) is 3.26. The lowest BCUT2D eigenvalue weighted by molar-refractivity contribution is -0.122. The van der Waals surface area contributed by atoms with Crippen molar-refractivity contribution >= 4 is 11.7 Å². The molecule has 136 valence electrons. The molecule has 25 heavy (non-hydrogen) atoms. The molecule has 2 aliphatic carbocycles. The summed E-state index contributed by atoms with van der Waals surface area (Å²) in [6.07, 6.45) is 7.63. The van der Waals surface area contributed by atoms with E-state index in [9.17, 15) is 9.90 Å². The quantitative estimate of drug-likeness (QED) is 0.861. The molecule has 1 aromatic heterocycles. The first-order chi connectivity index (χ1) is 12.0. The summed E-state index contributed by atoms with van der Waals surface area (Å²) in [7, 11) is 0. The smallest absolute Gasteiger partial charge is 0.228 e. The highest BCUT2D eigenvalue weighted by atomic mass is 16.5. The summed E-state index contributed by atoms with van der Waals surface area (Å²) in [6.45, 7) is 5.05. The van der Waals surface area contributed by atoms with Gasteiger partial charge in [0, 0.05) is 12.5 Å². The van der Waals surface area contributed by atoms with Crippen LogP contribution in [0, 0.1) is 11.8 Å². The topological polar surface area (TPSA) is 62.7 Å². The van der Waals surface area contributed by atoms with Gasteiger partial charge in [-0.3, -0.25) is 9.69 Å². The summed E-state index contributed by atoms with van der Waals surface area (Å²) in [4.78, 5) is 18.9. The fourth-order valence-corrected chi connectivity index (χ4v) is 4.12. The number of aliphatic hydroxyl groups is 1. The predicted octanol–water partition coefficient (Wildman–Crippen LogP) is 3.09. The van der Waals surface area contributed by atoms with Crippen molar-refractivity contribution in [2.24, 2.45) is 11.8 Å². The average molecular weight is 344 g/mol. The van der Waals surface area contributed by atoms with Crippen LogP contribution in [0.3, 0.4) is 0 Å². The van der Waals surface area contributed by atoms with E-state index in [0.717, 1.165) is 42.8 Å². The molecule has 0 unspecified atom stereocenters. The number of aromatic nitrogens is 1. The van der Waals surface area contributed by atoms with Gasteiger partial charge < -0.3 is 9.84 Å². The number of hydrogen-bond acceptors (Lipinski definition) is 4. The van der Waals surface area contributed by atoms with Crippen LogP contribution in [-0.4, -0.2) is 34.2 Å². The molecule has 0 saturated heterocycles. The van der Waals surface area contributed by atoms with Gasteiger partial charge in [0.25, 0.3) is 0 Å². The van der Waals surface area contributed by atoms with Gasteiger partial charge in [-0.25, -0.2) is 4.98 Å². The third-order valence-corrected chi connectivity index (χ3v) is 5.87. The fraction of sp³-hybridized carbons (Fsp3) is 0.700. The molecule has 1 N–H and O–H groups in total. The van der Waals surface area contributed by atoms with E-state index in [1.54, 1.807) is 6.20 Å². The molecule has 2 saturated carbocycles. The van der Waals surface area contributed by atoms with Gasteiger partial charge in [0.05, 0.1) is 18.4 Å². The van der Waals surface area contributed by atoms with Gasteiger partial charge in [-0.15, -0.1) is 0 Å². The van der Waals surface area contributed by atoms with E-state index < -0.39 is 5.60 Å². The monoisotopic (exact) mass is 344 g/mol. The van der Waals surface area contributed by atoms with Crippen LogP contribution >= 0.6 is 0 Å². The number of nitrogens with zero attached hydrogens (tertiary/aromatic N) is 2. The molecular weight excluding hydrogens is 316 g/mol. The van der Waals surface area contributed by atoms with Crippen LogP contribution in [0.25, 0.3) is 0 Å². The zero-order chi connectivity index (χ0) is 17.6. The largest absolute Gasteiger partial charge is 0.492 e. The second kappa shape index (κ2) is 6.27. The van der Waals surface area contributed by atoms with Crippen molar-refractivity contribution in [3.8, 4) is 5.75 Å². The van der Waals surface area contributed by atoms with Crippen LogP contribution in [0.1, 0.15) is 57.9 Å². The summed E-state index contributed by atoms with van der Waals surface area (Å²) in [5.41, 5.74) is 0.547. The first-order valence-electron chi connectivity index (χ1n) is 9.62. The highest BCUT2D eigenvalue weighted by molar-refractivity contribution is 5.96. The minimum absolute atomic E-state index is 0.0948. The van der Waals surface area contributed by atoms with E-state index in [-0.39, 0.29) is 11.9 Å². The number of rotatable bonds is 6. The zero-order valence-electron chi connectivity index (χ0n) is 15.2. The molecule has 5 heteroatoms. The van der Waals surface area contributed by atoms with Crippen molar-refractivity contribution in [3.05, 3.63) is 17.8 Å². The number of carbonyl (C=O) groups excluding carboxylic acids is 1. The number of amides is 1. The Labute approximate surface area is 149 Å². The van der Waals surface area contributed by atoms with E-state index >= 15 is 0 Å². The minimum Gasteiger partial charge on any atom is -0.492 e. The highest BCUT2D eigenvalue weighted by Crippen LogP contribution is 2.52. The van der Waals surface area contributed by atoms with Crippen LogP contribution < -0.4 is 9.64 Å². The van der Waals surface area contributed by atoms with Crippen LogP contribution in [0.5, 0.6) is 5.75 Å². The molecular formula is C20H28N2O3. The standard InChI is InChI=1S/C20H28N2O3/c1-13(2)7-8-25-17-9-14-3-6-18(23)22(19(14)21-12-17)16-10-20(24,11-16)15-4-5-15/h9,12-13,15-16,24H,3-8,10-11H2,1-2H3. The van der Waals surface area contributed by atoms with Gasteiger partial charge in [-0.05, 0) is 62.0 Å². The predicted molar refractivity (Wildman–Crippen MR) is 95.7 cm³/mol. The molecule has 1 aliphatic heterocycles. The maximum absolute atomic E-state index is 12.5. The Kier molecular flexibility index (Phi) is 4.22. The van der Waals surface area contributed by atoms with Crippen molar-refractivity contribution in [1.29, 1.82) is 0 Å². The molecule has 0 spiro atoms. The average Bonchev–Trinajstić information content (AvgIpc) is 3.37. The molecule has 0 aromatic carbocycles. The van der Waals surface area contributed by atoms with E-state index in [4.69, 9.17) is 4.74 Å². The van der Waals surface area contributed by atoms with Gasteiger partial charge in [0.2, 0.25) is 5.91 Å². The Bertz CT molecular complexity index is 663. The Morgan fingerprint density at radius 2 is 2.12 bits per heavy atom. The number of hydrogen-bond donors (Lipinski definition) is 1. The molecule has 4 rings (SSSR count). The van der Waals surface area contributed by atoms with Gasteiger partial charge in [0.1, 0.15) is 11.6 Å². The number of ether oxygens (including phenoxy) is 1. The summed E-state index contributed by atoms with van der Waals surface area (Å²) in [5, 5.41) is 10.6. The molecule has 1 amide bonds. The summed E-state index contributed by atoms with van der Waals surface area (Å²) in [5.74, 6) is 2.76. The van der Waals surface area contributed by atoms with Crippen molar-refractivity contribution in [3.63, 3.8) is 0 Å². The third-order valence-electron chi connectivity index (χ3n) is 5.87. The van der Waals surface area contributed by atoms with Gasteiger partial charge in [-0.2, -0.15) is 0 Å². The van der Waals surface area contributed by atoms with E-state index in [0.29, 0.717) is 37.7 Å². The van der Waals surface area contributed by atoms with Crippen LogP contribution in [0.4, 0.5) is 5.82 Å². The van der Waals surface area contributed by atoms with Crippen molar-refractivity contribution in [2.45, 2.75) is 70.4 Å². The molecule has 3 aliphatic rings. The van der Waals surface area contributed by atoms with E-state index in [2.05, 4.69) is 18.8 Å². The lowest BCUT2D eigenvalue weighted by Crippen LogP contribution is -2.59. The molecule has 2 fully saturated rings.